The van der Waals surface area contributed by atoms with E-state index in [1.165, 1.54) is 0 Å². The number of esters is 1. The van der Waals surface area contributed by atoms with Crippen LogP contribution in [0.1, 0.15) is 51.9 Å². The van der Waals surface area contributed by atoms with Crippen LogP contribution in [0.5, 0.6) is 0 Å². The summed E-state index contributed by atoms with van der Waals surface area (Å²) < 4.78 is 5.29. The lowest BCUT2D eigenvalue weighted by molar-refractivity contribution is -0.151. The third-order valence-corrected chi connectivity index (χ3v) is 2.68. The van der Waals surface area contributed by atoms with Crippen LogP contribution >= 0.6 is 0 Å². The zero-order valence-corrected chi connectivity index (χ0v) is 8.87. The Balaban J connectivity index is 2.14. The van der Waals surface area contributed by atoms with Crippen LogP contribution in [-0.4, -0.2) is 23.3 Å². The fourth-order valence-corrected chi connectivity index (χ4v) is 1.73. The third-order valence-electron chi connectivity index (χ3n) is 2.68. The lowest BCUT2D eigenvalue weighted by Crippen LogP contribution is -2.26. The summed E-state index contributed by atoms with van der Waals surface area (Å²) in [5.41, 5.74) is 0. The van der Waals surface area contributed by atoms with E-state index in [-0.39, 0.29) is 18.2 Å². The van der Waals surface area contributed by atoms with Crippen LogP contribution < -0.4 is 0 Å². The first-order valence-electron chi connectivity index (χ1n) is 5.60. The number of aliphatic hydroxyl groups is 1. The molecule has 0 aromatic heterocycles. The second-order valence-electron chi connectivity index (χ2n) is 4.02. The van der Waals surface area contributed by atoms with Gasteiger partial charge in [-0.15, -0.1) is 0 Å². The Morgan fingerprint density at radius 3 is 2.57 bits per heavy atom. The summed E-state index contributed by atoms with van der Waals surface area (Å²) in [6.45, 7) is 2.06. The number of carbonyl (C=O) groups is 1. The van der Waals surface area contributed by atoms with Crippen LogP contribution in [0.15, 0.2) is 0 Å². The first-order valence-corrected chi connectivity index (χ1v) is 5.60. The summed E-state index contributed by atoms with van der Waals surface area (Å²) in [5, 5.41) is 9.26. The summed E-state index contributed by atoms with van der Waals surface area (Å²) >= 11 is 0. The molecule has 1 saturated carbocycles. The van der Waals surface area contributed by atoms with Gasteiger partial charge in [0.25, 0.3) is 0 Å². The molecule has 3 heteroatoms. The minimum Gasteiger partial charge on any atom is -0.462 e. The van der Waals surface area contributed by atoms with Gasteiger partial charge in [-0.25, -0.2) is 0 Å². The summed E-state index contributed by atoms with van der Waals surface area (Å²) in [5.74, 6) is -0.0757. The summed E-state index contributed by atoms with van der Waals surface area (Å²) in [4.78, 5) is 11.3. The van der Waals surface area contributed by atoms with E-state index in [9.17, 15) is 9.90 Å². The highest BCUT2D eigenvalue weighted by Crippen LogP contribution is 2.21. The Morgan fingerprint density at radius 2 is 2.00 bits per heavy atom. The van der Waals surface area contributed by atoms with Crippen LogP contribution in [-0.2, 0) is 9.53 Å². The Bertz CT molecular complexity index is 171. The molecule has 3 nitrogen and oxygen atoms in total. The van der Waals surface area contributed by atoms with E-state index in [1.54, 1.807) is 0 Å². The Kier molecular flexibility index (Phi) is 4.94. The van der Waals surface area contributed by atoms with Gasteiger partial charge in [-0.05, 0) is 32.1 Å². The number of carbonyl (C=O) groups excluding carboxylic acids is 1. The molecule has 1 N–H and O–H groups in total. The van der Waals surface area contributed by atoms with Crippen LogP contribution in [0, 0.1) is 0 Å². The fourth-order valence-electron chi connectivity index (χ4n) is 1.73. The molecule has 0 saturated heterocycles. The smallest absolute Gasteiger partial charge is 0.306 e. The highest BCUT2D eigenvalue weighted by atomic mass is 16.5. The molecule has 14 heavy (non-hydrogen) atoms. The summed E-state index contributed by atoms with van der Waals surface area (Å²) in [6.07, 6.45) is 5.53. The molecule has 82 valence electrons. The van der Waals surface area contributed by atoms with E-state index in [0.29, 0.717) is 6.42 Å². The average molecular weight is 200 g/mol. The second-order valence-corrected chi connectivity index (χ2v) is 4.02. The van der Waals surface area contributed by atoms with Crippen molar-refractivity contribution in [2.45, 2.75) is 64.1 Å². The van der Waals surface area contributed by atoms with Gasteiger partial charge < -0.3 is 9.84 Å². The van der Waals surface area contributed by atoms with E-state index in [0.717, 1.165) is 38.5 Å². The van der Waals surface area contributed by atoms with Gasteiger partial charge in [-0.3, -0.25) is 4.79 Å². The first-order chi connectivity index (χ1) is 6.72. The van der Waals surface area contributed by atoms with Crippen molar-refractivity contribution in [1.29, 1.82) is 0 Å². The highest BCUT2D eigenvalue weighted by molar-refractivity contribution is 5.69. The monoisotopic (exact) mass is 200 g/mol. The number of unbranched alkanes of at least 4 members (excludes halogenated alkanes) is 1. The quantitative estimate of drug-likeness (QED) is 0.706. The summed E-state index contributed by atoms with van der Waals surface area (Å²) in [7, 11) is 0. The zero-order chi connectivity index (χ0) is 10.4. The third kappa shape index (κ3) is 4.09. The van der Waals surface area contributed by atoms with Gasteiger partial charge in [0.2, 0.25) is 0 Å². The van der Waals surface area contributed by atoms with E-state index in [1.807, 2.05) is 0 Å². The molecular formula is C11H20O3. The molecule has 0 spiro atoms. The molecule has 1 aliphatic carbocycles. The molecule has 0 unspecified atom stereocenters. The number of ether oxygens (including phenoxy) is 1. The topological polar surface area (TPSA) is 46.5 Å². The Morgan fingerprint density at radius 1 is 1.36 bits per heavy atom. The van der Waals surface area contributed by atoms with Crippen molar-refractivity contribution >= 4 is 5.97 Å². The van der Waals surface area contributed by atoms with Crippen LogP contribution in [0.3, 0.4) is 0 Å². The molecule has 0 amide bonds. The maximum Gasteiger partial charge on any atom is 0.306 e. The predicted molar refractivity (Wildman–Crippen MR) is 53.9 cm³/mol. The van der Waals surface area contributed by atoms with Gasteiger partial charge in [0, 0.05) is 6.42 Å². The molecule has 0 atom stereocenters. The SMILES string of the molecule is CCCCC(=O)OC1CCC(O)CC1. The highest BCUT2D eigenvalue weighted by Gasteiger charge is 2.21. The van der Waals surface area contributed by atoms with E-state index >= 15 is 0 Å². The molecule has 0 aliphatic heterocycles. The largest absolute Gasteiger partial charge is 0.462 e. The Hall–Kier alpha value is -0.570. The van der Waals surface area contributed by atoms with Gasteiger partial charge in [-0.1, -0.05) is 13.3 Å². The van der Waals surface area contributed by atoms with Crippen molar-refractivity contribution in [3.8, 4) is 0 Å². The van der Waals surface area contributed by atoms with Crippen molar-refractivity contribution in [3.63, 3.8) is 0 Å². The summed E-state index contributed by atoms with van der Waals surface area (Å²) in [6, 6.07) is 0. The van der Waals surface area contributed by atoms with Gasteiger partial charge in [0.15, 0.2) is 0 Å². The van der Waals surface area contributed by atoms with Crippen LogP contribution in [0.2, 0.25) is 0 Å². The molecule has 1 aliphatic rings. The van der Waals surface area contributed by atoms with Crippen molar-refractivity contribution in [1.82, 2.24) is 0 Å². The maximum absolute atomic E-state index is 11.3. The maximum atomic E-state index is 11.3. The molecule has 0 radical (unpaired) electrons. The molecule has 1 fully saturated rings. The molecule has 0 aromatic rings. The minimum atomic E-state index is -0.180. The zero-order valence-electron chi connectivity index (χ0n) is 8.87. The number of aliphatic hydroxyl groups excluding tert-OH is 1. The number of rotatable bonds is 4. The molecule has 0 heterocycles. The molecule has 0 aromatic carbocycles. The van der Waals surface area contributed by atoms with Crippen molar-refractivity contribution in [3.05, 3.63) is 0 Å². The Labute approximate surface area is 85.5 Å². The van der Waals surface area contributed by atoms with Gasteiger partial charge in [0.1, 0.15) is 6.10 Å². The normalized spacial score (nSPS) is 27.3. The fraction of sp³-hybridized carbons (Fsp3) is 0.909. The second kappa shape index (κ2) is 6.02. The number of hydrogen-bond acceptors (Lipinski definition) is 3. The lowest BCUT2D eigenvalue weighted by Gasteiger charge is -2.25. The van der Waals surface area contributed by atoms with Crippen molar-refractivity contribution in [2.24, 2.45) is 0 Å². The van der Waals surface area contributed by atoms with E-state index < -0.39 is 0 Å². The predicted octanol–water partition coefficient (Wildman–Crippen LogP) is 2.02. The lowest BCUT2D eigenvalue weighted by atomic mass is 9.95. The van der Waals surface area contributed by atoms with Crippen LogP contribution in [0.4, 0.5) is 0 Å². The van der Waals surface area contributed by atoms with Crippen LogP contribution in [0.25, 0.3) is 0 Å². The standard InChI is InChI=1S/C11H20O3/c1-2-3-4-11(13)14-10-7-5-9(12)6-8-10/h9-10,12H,2-8H2,1H3. The first kappa shape index (κ1) is 11.5. The van der Waals surface area contributed by atoms with Crippen molar-refractivity contribution < 1.29 is 14.6 Å². The van der Waals surface area contributed by atoms with Crippen molar-refractivity contribution in [2.75, 3.05) is 0 Å². The van der Waals surface area contributed by atoms with Gasteiger partial charge >= 0.3 is 5.97 Å². The minimum absolute atomic E-state index is 0.0581. The molecule has 1 rings (SSSR count). The van der Waals surface area contributed by atoms with Gasteiger partial charge in [0.05, 0.1) is 6.10 Å². The average Bonchev–Trinajstić information content (AvgIpc) is 2.18. The molecule has 0 bridgehead atoms. The van der Waals surface area contributed by atoms with E-state index in [4.69, 9.17) is 4.74 Å². The number of hydrogen-bond donors (Lipinski definition) is 1. The molecular weight excluding hydrogens is 180 g/mol. The van der Waals surface area contributed by atoms with E-state index in [2.05, 4.69) is 6.92 Å². The van der Waals surface area contributed by atoms with Gasteiger partial charge in [-0.2, -0.15) is 0 Å².